The molecule has 1 fully saturated rings. The van der Waals surface area contributed by atoms with Gasteiger partial charge in [0.1, 0.15) is 11.1 Å². The van der Waals surface area contributed by atoms with Gasteiger partial charge >= 0.3 is 6.03 Å². The highest BCUT2D eigenvalue weighted by molar-refractivity contribution is 6.11. The number of hydrogen-bond acceptors (Lipinski definition) is 6. The lowest BCUT2D eigenvalue weighted by atomic mass is 9.92. The Bertz CT molecular complexity index is 890. The number of unbranched alkanes of at least 4 members (excludes halogenated alkanes) is 1. The summed E-state index contributed by atoms with van der Waals surface area (Å²) in [7, 11) is 0. The van der Waals surface area contributed by atoms with Crippen molar-refractivity contribution >= 4 is 35.1 Å². The van der Waals surface area contributed by atoms with Gasteiger partial charge in [-0.05, 0) is 18.6 Å². The van der Waals surface area contributed by atoms with Crippen molar-refractivity contribution < 1.29 is 28.8 Å². The maximum absolute atomic E-state index is 12.9. The Morgan fingerprint density at radius 2 is 2.11 bits per heavy atom. The van der Waals surface area contributed by atoms with Gasteiger partial charge in [-0.1, -0.05) is 38.0 Å². The Kier molecular flexibility index (Phi) is 5.46. The number of urea groups is 1. The van der Waals surface area contributed by atoms with E-state index in [0.29, 0.717) is 17.1 Å². The van der Waals surface area contributed by atoms with Crippen LogP contribution in [0.3, 0.4) is 0 Å². The molecule has 1 atom stereocenters. The third-order valence-corrected chi connectivity index (χ3v) is 4.76. The summed E-state index contributed by atoms with van der Waals surface area (Å²) >= 11 is 0. The summed E-state index contributed by atoms with van der Waals surface area (Å²) in [5.74, 6) is -1.14. The van der Waals surface area contributed by atoms with Gasteiger partial charge in [0.15, 0.2) is 5.76 Å². The minimum absolute atomic E-state index is 0.0459. The van der Waals surface area contributed by atoms with Gasteiger partial charge in [0.05, 0.1) is 13.1 Å². The molecule has 9 heteroatoms. The van der Waals surface area contributed by atoms with Crippen LogP contribution in [0, 0.1) is 0 Å². The second kappa shape index (κ2) is 7.81. The molecular formula is C19H21N3O6. The van der Waals surface area contributed by atoms with Gasteiger partial charge in [0.2, 0.25) is 12.2 Å². The largest absolute Gasteiger partial charge is 0.453 e. The van der Waals surface area contributed by atoms with Crippen molar-refractivity contribution in [2.45, 2.75) is 31.7 Å². The van der Waals surface area contributed by atoms with Crippen molar-refractivity contribution in [3.63, 3.8) is 0 Å². The smallest absolute Gasteiger partial charge is 0.325 e. The molecule has 1 aromatic carbocycles. The van der Waals surface area contributed by atoms with Crippen LogP contribution in [-0.4, -0.2) is 57.9 Å². The Hall–Kier alpha value is -3.20. The van der Waals surface area contributed by atoms with Gasteiger partial charge < -0.3 is 9.73 Å². The van der Waals surface area contributed by atoms with Crippen LogP contribution in [0.25, 0.3) is 11.0 Å². The number of nitrogens with zero attached hydrogens (tertiary/aromatic N) is 2. The average molecular weight is 387 g/mol. The molecule has 3 rings (SSSR count). The second-order valence-electron chi connectivity index (χ2n) is 6.78. The number of hydroxylamine groups is 2. The number of para-hydroxylation sites is 1. The highest BCUT2D eigenvalue weighted by Crippen LogP contribution is 2.26. The number of carbonyl (C=O) groups is 4. The van der Waals surface area contributed by atoms with Crippen LogP contribution in [0.2, 0.25) is 0 Å². The van der Waals surface area contributed by atoms with Gasteiger partial charge in [-0.3, -0.25) is 24.5 Å². The van der Waals surface area contributed by atoms with E-state index in [1.54, 1.807) is 30.3 Å². The first-order valence-electron chi connectivity index (χ1n) is 8.97. The minimum atomic E-state index is -1.46. The van der Waals surface area contributed by atoms with E-state index >= 15 is 0 Å². The fraction of sp³-hybridized carbons (Fsp3) is 0.368. The van der Waals surface area contributed by atoms with Crippen LogP contribution in [0.1, 0.15) is 36.7 Å². The Morgan fingerprint density at radius 1 is 1.36 bits per heavy atom. The number of rotatable bonds is 9. The van der Waals surface area contributed by atoms with Gasteiger partial charge in [-0.2, -0.15) is 0 Å². The standard InChI is InChI=1S/C19H21N3O6/c1-2-3-8-19(11-21(27)12-23)17(25)22(18(26)20-19)10-14(24)16-9-13-6-4-5-7-15(13)28-16/h4-7,9,12,27H,2-3,8,10-11H2,1H3,(H,20,26). The summed E-state index contributed by atoms with van der Waals surface area (Å²) in [4.78, 5) is 49.5. The maximum atomic E-state index is 12.9. The molecule has 2 N–H and O–H groups in total. The summed E-state index contributed by atoms with van der Waals surface area (Å²) in [6.45, 7) is 1.02. The molecule has 4 amide bonds. The molecule has 148 valence electrons. The number of amides is 4. The lowest BCUT2D eigenvalue weighted by molar-refractivity contribution is -0.157. The minimum Gasteiger partial charge on any atom is -0.453 e. The first kappa shape index (κ1) is 19.6. The fourth-order valence-electron chi connectivity index (χ4n) is 3.31. The molecule has 2 heterocycles. The number of hydrogen-bond donors (Lipinski definition) is 2. The maximum Gasteiger partial charge on any atom is 0.325 e. The summed E-state index contributed by atoms with van der Waals surface area (Å²) in [6.07, 6.45) is 1.73. The molecule has 0 spiro atoms. The van der Waals surface area contributed by atoms with Crippen LogP contribution in [0.5, 0.6) is 0 Å². The Labute approximate surface area is 160 Å². The number of fused-ring (bicyclic) bond motifs is 1. The molecular weight excluding hydrogens is 366 g/mol. The van der Waals surface area contributed by atoms with E-state index in [4.69, 9.17) is 4.42 Å². The van der Waals surface area contributed by atoms with Crippen molar-refractivity contribution in [1.29, 1.82) is 0 Å². The zero-order valence-corrected chi connectivity index (χ0v) is 15.4. The zero-order valence-electron chi connectivity index (χ0n) is 15.4. The predicted molar refractivity (Wildman–Crippen MR) is 97.6 cm³/mol. The molecule has 1 aromatic heterocycles. The Morgan fingerprint density at radius 3 is 2.79 bits per heavy atom. The number of nitrogens with one attached hydrogen (secondary N) is 1. The number of imide groups is 1. The summed E-state index contributed by atoms with van der Waals surface area (Å²) in [6, 6.07) is 7.89. The number of benzene rings is 1. The number of furan rings is 1. The van der Waals surface area contributed by atoms with Crippen molar-refractivity contribution in [3.8, 4) is 0 Å². The number of ketones is 1. The van der Waals surface area contributed by atoms with Crippen molar-refractivity contribution in [2.75, 3.05) is 13.1 Å². The highest BCUT2D eigenvalue weighted by Gasteiger charge is 2.52. The van der Waals surface area contributed by atoms with Gasteiger partial charge in [0, 0.05) is 5.39 Å². The van der Waals surface area contributed by atoms with E-state index in [-0.39, 0.29) is 18.6 Å². The molecule has 28 heavy (non-hydrogen) atoms. The molecule has 0 aliphatic carbocycles. The van der Waals surface area contributed by atoms with Crippen LogP contribution in [0.4, 0.5) is 4.79 Å². The first-order chi connectivity index (χ1) is 13.4. The molecule has 0 bridgehead atoms. The molecule has 0 radical (unpaired) electrons. The second-order valence-corrected chi connectivity index (χ2v) is 6.78. The van der Waals surface area contributed by atoms with E-state index in [9.17, 15) is 24.4 Å². The van der Waals surface area contributed by atoms with E-state index < -0.39 is 36.3 Å². The fourth-order valence-corrected chi connectivity index (χ4v) is 3.31. The normalized spacial score (nSPS) is 19.1. The topological polar surface area (TPSA) is 120 Å². The third-order valence-electron chi connectivity index (χ3n) is 4.76. The van der Waals surface area contributed by atoms with Gasteiger partial charge in [-0.25, -0.2) is 9.86 Å². The van der Waals surface area contributed by atoms with E-state index in [1.165, 1.54) is 0 Å². The first-order valence-corrected chi connectivity index (χ1v) is 8.97. The van der Waals surface area contributed by atoms with Crippen molar-refractivity contribution in [3.05, 3.63) is 36.1 Å². The molecule has 9 nitrogen and oxygen atoms in total. The summed E-state index contributed by atoms with van der Waals surface area (Å²) in [5.41, 5.74) is -0.932. The average Bonchev–Trinajstić information content (AvgIpc) is 3.21. The SMILES string of the molecule is CCCCC1(CN(O)C=O)NC(=O)N(CC(=O)c2cc3ccccc3o2)C1=O. The highest BCUT2D eigenvalue weighted by atomic mass is 16.5. The van der Waals surface area contributed by atoms with E-state index in [0.717, 1.165) is 16.7 Å². The predicted octanol–water partition coefficient (Wildman–Crippen LogP) is 1.94. The number of Topliss-reactive ketones (excluding diaryl/α,β-unsaturated/α-hetero) is 1. The molecule has 1 aliphatic rings. The van der Waals surface area contributed by atoms with Crippen LogP contribution in [0.15, 0.2) is 34.7 Å². The quantitative estimate of drug-likeness (QED) is 0.223. The zero-order chi connectivity index (χ0) is 20.3. The lowest BCUT2D eigenvalue weighted by Crippen LogP contribution is -2.54. The third kappa shape index (κ3) is 3.61. The van der Waals surface area contributed by atoms with Crippen LogP contribution in [-0.2, 0) is 9.59 Å². The summed E-state index contributed by atoms with van der Waals surface area (Å²) < 4.78 is 5.50. The molecule has 1 unspecified atom stereocenters. The van der Waals surface area contributed by atoms with E-state index in [2.05, 4.69) is 5.32 Å². The van der Waals surface area contributed by atoms with Gasteiger partial charge in [-0.15, -0.1) is 0 Å². The van der Waals surface area contributed by atoms with Crippen LogP contribution >= 0.6 is 0 Å². The number of carbonyl (C=O) groups excluding carboxylic acids is 4. The molecule has 1 aliphatic heterocycles. The van der Waals surface area contributed by atoms with Crippen LogP contribution < -0.4 is 5.32 Å². The lowest BCUT2D eigenvalue weighted by Gasteiger charge is -2.28. The molecule has 0 saturated carbocycles. The summed E-state index contributed by atoms with van der Waals surface area (Å²) in [5, 5.41) is 13.2. The Balaban J connectivity index is 1.81. The van der Waals surface area contributed by atoms with Crippen molar-refractivity contribution in [1.82, 2.24) is 15.3 Å². The van der Waals surface area contributed by atoms with E-state index in [1.807, 2.05) is 6.92 Å². The van der Waals surface area contributed by atoms with Gasteiger partial charge in [0.25, 0.3) is 5.91 Å². The van der Waals surface area contributed by atoms with Crippen molar-refractivity contribution in [2.24, 2.45) is 0 Å². The molecule has 1 saturated heterocycles. The molecule has 2 aromatic rings. The monoisotopic (exact) mass is 387 g/mol.